The average Bonchev–Trinajstić information content (AvgIpc) is 2.47. The third kappa shape index (κ3) is 2.83. The summed E-state index contributed by atoms with van der Waals surface area (Å²) in [6, 6.07) is 6.23. The molecular formula is C14H21BBrNO2. The quantitative estimate of drug-likeness (QED) is 0.780. The Bertz CT molecular complexity index is 472. The van der Waals surface area contributed by atoms with Crippen LogP contribution in [-0.4, -0.2) is 32.4 Å². The summed E-state index contributed by atoms with van der Waals surface area (Å²) in [7, 11) is 3.73. The molecule has 1 saturated heterocycles. The largest absolute Gasteiger partial charge is 0.494 e. The van der Waals surface area contributed by atoms with Gasteiger partial charge in [0.05, 0.1) is 11.2 Å². The highest BCUT2D eigenvalue weighted by Gasteiger charge is 2.51. The summed E-state index contributed by atoms with van der Waals surface area (Å²) in [4.78, 5) is 2.07. The molecule has 0 spiro atoms. The van der Waals surface area contributed by atoms with Crippen LogP contribution in [0, 0.1) is 0 Å². The van der Waals surface area contributed by atoms with Crippen molar-refractivity contribution in [2.45, 2.75) is 38.9 Å². The highest BCUT2D eigenvalue weighted by molar-refractivity contribution is 9.10. The van der Waals surface area contributed by atoms with E-state index in [1.807, 2.05) is 14.1 Å². The molecule has 2 rings (SSSR count). The van der Waals surface area contributed by atoms with Gasteiger partial charge in [0.15, 0.2) is 0 Å². The summed E-state index contributed by atoms with van der Waals surface area (Å²) >= 11 is 3.55. The minimum atomic E-state index is -0.318. The van der Waals surface area contributed by atoms with Crippen molar-refractivity contribution in [2.24, 2.45) is 0 Å². The lowest BCUT2D eigenvalue weighted by molar-refractivity contribution is 0.00578. The second kappa shape index (κ2) is 4.79. The highest BCUT2D eigenvalue weighted by atomic mass is 79.9. The Kier molecular flexibility index (Phi) is 3.76. The molecular weight excluding hydrogens is 305 g/mol. The number of nitrogens with zero attached hydrogens (tertiary/aromatic N) is 1. The Balaban J connectivity index is 2.34. The van der Waals surface area contributed by atoms with Crippen molar-refractivity contribution in [2.75, 3.05) is 19.0 Å². The summed E-state index contributed by atoms with van der Waals surface area (Å²) in [6.45, 7) is 8.27. The molecule has 0 radical (unpaired) electrons. The van der Waals surface area contributed by atoms with Gasteiger partial charge < -0.3 is 14.2 Å². The van der Waals surface area contributed by atoms with Crippen LogP contribution in [0.4, 0.5) is 5.69 Å². The minimum Gasteiger partial charge on any atom is -0.399 e. The first-order chi connectivity index (χ1) is 8.62. The van der Waals surface area contributed by atoms with Crippen LogP contribution in [0.5, 0.6) is 0 Å². The molecule has 1 aromatic rings. The molecule has 104 valence electrons. The van der Waals surface area contributed by atoms with E-state index in [4.69, 9.17) is 9.31 Å². The first-order valence-electron chi connectivity index (χ1n) is 6.46. The second-order valence-corrected chi connectivity index (χ2v) is 7.14. The molecule has 0 bridgehead atoms. The normalized spacial score (nSPS) is 20.7. The molecule has 0 unspecified atom stereocenters. The standard InChI is InChI=1S/C14H21BBrNO2/c1-13(2)14(3,4)19-15(18-13)10-7-11(16)9-12(8-10)17(5)6/h7-9H,1-6H3. The Hall–Kier alpha value is -0.515. The van der Waals surface area contributed by atoms with Crippen molar-refractivity contribution in [3.8, 4) is 0 Å². The Morgan fingerprint density at radius 3 is 2.00 bits per heavy atom. The third-order valence-corrected chi connectivity index (χ3v) is 4.40. The van der Waals surface area contributed by atoms with E-state index in [1.165, 1.54) is 0 Å². The van der Waals surface area contributed by atoms with Crippen LogP contribution in [0.2, 0.25) is 0 Å². The predicted octanol–water partition coefficient (Wildman–Crippen LogP) is 2.81. The molecule has 19 heavy (non-hydrogen) atoms. The third-order valence-electron chi connectivity index (χ3n) is 3.95. The zero-order valence-corrected chi connectivity index (χ0v) is 14.0. The number of halogens is 1. The van der Waals surface area contributed by atoms with E-state index in [2.05, 4.69) is 66.7 Å². The fourth-order valence-electron chi connectivity index (χ4n) is 1.97. The lowest BCUT2D eigenvalue weighted by atomic mass is 9.79. The van der Waals surface area contributed by atoms with Gasteiger partial charge in [0.1, 0.15) is 0 Å². The van der Waals surface area contributed by atoms with E-state index in [1.54, 1.807) is 0 Å². The molecule has 0 saturated carbocycles. The molecule has 0 aromatic heterocycles. The Labute approximate surface area is 124 Å². The molecule has 0 amide bonds. The molecule has 1 fully saturated rings. The van der Waals surface area contributed by atoms with Gasteiger partial charge >= 0.3 is 7.12 Å². The first-order valence-corrected chi connectivity index (χ1v) is 7.25. The highest BCUT2D eigenvalue weighted by Crippen LogP contribution is 2.36. The molecule has 0 aliphatic carbocycles. The summed E-state index contributed by atoms with van der Waals surface area (Å²) in [5, 5.41) is 0. The minimum absolute atomic E-state index is 0.307. The molecule has 5 heteroatoms. The molecule has 0 atom stereocenters. The van der Waals surface area contributed by atoms with Crippen molar-refractivity contribution in [3.05, 3.63) is 22.7 Å². The average molecular weight is 326 g/mol. The van der Waals surface area contributed by atoms with Gasteiger partial charge in [-0.05, 0) is 51.4 Å². The zero-order valence-electron chi connectivity index (χ0n) is 12.5. The van der Waals surface area contributed by atoms with Gasteiger partial charge in [0.25, 0.3) is 0 Å². The van der Waals surface area contributed by atoms with Gasteiger partial charge in [-0.15, -0.1) is 0 Å². The molecule has 1 aliphatic heterocycles. The van der Waals surface area contributed by atoms with Crippen LogP contribution in [0.3, 0.4) is 0 Å². The van der Waals surface area contributed by atoms with Crippen molar-refractivity contribution >= 4 is 34.2 Å². The second-order valence-electron chi connectivity index (χ2n) is 6.23. The fraction of sp³-hybridized carbons (Fsp3) is 0.571. The van der Waals surface area contributed by atoms with E-state index in [9.17, 15) is 0 Å². The maximum absolute atomic E-state index is 6.08. The van der Waals surface area contributed by atoms with Gasteiger partial charge in [-0.25, -0.2) is 0 Å². The van der Waals surface area contributed by atoms with Gasteiger partial charge in [-0.2, -0.15) is 0 Å². The molecule has 1 aliphatic rings. The number of rotatable bonds is 2. The molecule has 0 N–H and O–H groups in total. The Morgan fingerprint density at radius 2 is 1.53 bits per heavy atom. The van der Waals surface area contributed by atoms with Crippen LogP contribution in [0.1, 0.15) is 27.7 Å². The van der Waals surface area contributed by atoms with Crippen molar-refractivity contribution < 1.29 is 9.31 Å². The van der Waals surface area contributed by atoms with Crippen molar-refractivity contribution in [3.63, 3.8) is 0 Å². The van der Waals surface area contributed by atoms with Crippen LogP contribution in [0.15, 0.2) is 22.7 Å². The Morgan fingerprint density at radius 1 is 1.00 bits per heavy atom. The van der Waals surface area contributed by atoms with Gasteiger partial charge in [0, 0.05) is 24.3 Å². The lowest BCUT2D eigenvalue weighted by Crippen LogP contribution is -2.41. The number of hydrogen-bond acceptors (Lipinski definition) is 3. The molecule has 1 heterocycles. The van der Waals surface area contributed by atoms with Crippen molar-refractivity contribution in [1.29, 1.82) is 0 Å². The maximum atomic E-state index is 6.08. The van der Waals surface area contributed by atoms with E-state index in [0.717, 1.165) is 15.6 Å². The fourth-order valence-corrected chi connectivity index (χ4v) is 2.47. The summed E-state index contributed by atoms with van der Waals surface area (Å²) < 4.78 is 13.2. The van der Waals surface area contributed by atoms with Crippen LogP contribution < -0.4 is 10.4 Å². The molecule has 1 aromatic carbocycles. The lowest BCUT2D eigenvalue weighted by Gasteiger charge is -2.32. The van der Waals surface area contributed by atoms with E-state index in [0.29, 0.717) is 0 Å². The monoisotopic (exact) mass is 325 g/mol. The van der Waals surface area contributed by atoms with Gasteiger partial charge in [-0.3, -0.25) is 0 Å². The van der Waals surface area contributed by atoms with E-state index < -0.39 is 0 Å². The smallest absolute Gasteiger partial charge is 0.399 e. The summed E-state index contributed by atoms with van der Waals surface area (Å²) in [6.07, 6.45) is 0. The SMILES string of the molecule is CN(C)c1cc(Br)cc(B2OC(C)(C)C(C)(C)O2)c1. The zero-order chi connectivity index (χ0) is 14.4. The number of hydrogen-bond donors (Lipinski definition) is 0. The topological polar surface area (TPSA) is 21.7 Å². The van der Waals surface area contributed by atoms with E-state index >= 15 is 0 Å². The number of benzene rings is 1. The first kappa shape index (κ1) is 14.9. The molecule has 3 nitrogen and oxygen atoms in total. The van der Waals surface area contributed by atoms with Crippen LogP contribution >= 0.6 is 15.9 Å². The maximum Gasteiger partial charge on any atom is 0.494 e. The van der Waals surface area contributed by atoms with Gasteiger partial charge in [-0.1, -0.05) is 15.9 Å². The van der Waals surface area contributed by atoms with Gasteiger partial charge in [0.2, 0.25) is 0 Å². The predicted molar refractivity (Wildman–Crippen MR) is 84.2 cm³/mol. The van der Waals surface area contributed by atoms with Crippen LogP contribution in [0.25, 0.3) is 0 Å². The van der Waals surface area contributed by atoms with Crippen molar-refractivity contribution in [1.82, 2.24) is 0 Å². The van der Waals surface area contributed by atoms with E-state index in [-0.39, 0.29) is 18.3 Å². The number of anilines is 1. The van der Waals surface area contributed by atoms with Crippen LogP contribution in [-0.2, 0) is 9.31 Å². The summed E-state index contributed by atoms with van der Waals surface area (Å²) in [5.41, 5.74) is 1.55. The summed E-state index contributed by atoms with van der Waals surface area (Å²) in [5.74, 6) is 0.